The number of hydrogen-bond acceptors (Lipinski definition) is 6. The van der Waals surface area contributed by atoms with Crippen LogP contribution in [0.5, 0.6) is 0 Å². The van der Waals surface area contributed by atoms with Crippen LogP contribution in [0.3, 0.4) is 0 Å². The van der Waals surface area contributed by atoms with E-state index in [1.165, 1.54) is 15.9 Å². The summed E-state index contributed by atoms with van der Waals surface area (Å²) < 4.78 is 2.93. The third-order valence-electron chi connectivity index (χ3n) is 3.11. The Bertz CT molecular complexity index is 917. The van der Waals surface area contributed by atoms with E-state index in [1.807, 2.05) is 24.3 Å². The zero-order valence-corrected chi connectivity index (χ0v) is 13.1. The second-order valence-corrected chi connectivity index (χ2v) is 6.60. The molecular weight excluding hydrogens is 322 g/mol. The maximum atomic E-state index is 12.6. The van der Waals surface area contributed by atoms with E-state index in [9.17, 15) is 14.7 Å². The van der Waals surface area contributed by atoms with Crippen LogP contribution in [0.2, 0.25) is 0 Å². The summed E-state index contributed by atoms with van der Waals surface area (Å²) in [5.74, 6) is -0.448. The van der Waals surface area contributed by atoms with E-state index in [1.54, 1.807) is 0 Å². The van der Waals surface area contributed by atoms with Gasteiger partial charge in [-0.05, 0) is 6.07 Å². The highest BCUT2D eigenvalue weighted by Gasteiger charge is 2.16. The highest BCUT2D eigenvalue weighted by atomic mass is 32.2. The van der Waals surface area contributed by atoms with Gasteiger partial charge in [-0.25, -0.2) is 4.98 Å². The molecule has 1 amide bonds. The first-order valence-corrected chi connectivity index (χ1v) is 8.36. The van der Waals surface area contributed by atoms with E-state index in [-0.39, 0.29) is 24.5 Å². The Hall–Kier alpha value is -1.90. The molecule has 0 aliphatic heterocycles. The van der Waals surface area contributed by atoms with Gasteiger partial charge >= 0.3 is 0 Å². The molecule has 0 saturated heterocycles. The number of benzene rings is 1. The second-order valence-electron chi connectivity index (χ2n) is 4.61. The van der Waals surface area contributed by atoms with Crippen LogP contribution < -0.4 is 11.3 Å². The van der Waals surface area contributed by atoms with Gasteiger partial charge in [-0.1, -0.05) is 30.0 Å². The monoisotopic (exact) mass is 335 g/mol. The molecular formula is C14H13N3O3S2. The maximum absolute atomic E-state index is 12.6. The molecule has 0 spiro atoms. The van der Waals surface area contributed by atoms with E-state index < -0.39 is 5.91 Å². The van der Waals surface area contributed by atoms with E-state index >= 15 is 0 Å². The first-order chi connectivity index (χ1) is 10.6. The van der Waals surface area contributed by atoms with E-state index in [0.717, 1.165) is 21.8 Å². The number of hydrogen-bond donors (Lipinski definition) is 2. The fraction of sp³-hybridized carbons (Fsp3) is 0.214. The lowest BCUT2D eigenvalue weighted by molar-refractivity contribution is -0.115. The smallest absolute Gasteiger partial charge is 0.272 e. The number of carbonyl (C=O) groups excluding carboxylic acids is 1. The lowest BCUT2D eigenvalue weighted by Crippen LogP contribution is -2.25. The standard InChI is InChI=1S/C14H13N3O3S2/c15-10(19)7-21-14-16-11-8-3-1-2-4-9(8)22-12(11)13(20)17(14)5-6-18/h1-4,18H,5-7H2,(H2,15,19). The summed E-state index contributed by atoms with van der Waals surface area (Å²) in [4.78, 5) is 28.2. The van der Waals surface area contributed by atoms with Crippen LogP contribution in [0.4, 0.5) is 0 Å². The summed E-state index contributed by atoms with van der Waals surface area (Å²) in [6.45, 7) is -0.0424. The van der Waals surface area contributed by atoms with Crippen LogP contribution in [-0.2, 0) is 11.3 Å². The van der Waals surface area contributed by atoms with Gasteiger partial charge in [0.2, 0.25) is 5.91 Å². The number of nitrogens with two attached hydrogens (primary N) is 1. The molecule has 0 atom stereocenters. The average molecular weight is 335 g/mol. The minimum atomic E-state index is -0.481. The second kappa shape index (κ2) is 6.07. The molecule has 3 N–H and O–H groups in total. The largest absolute Gasteiger partial charge is 0.395 e. The number of thioether (sulfide) groups is 1. The predicted octanol–water partition coefficient (Wildman–Crippen LogP) is 1.18. The Morgan fingerprint density at radius 3 is 2.91 bits per heavy atom. The van der Waals surface area contributed by atoms with Crippen LogP contribution in [0, 0.1) is 0 Å². The molecule has 0 radical (unpaired) electrons. The van der Waals surface area contributed by atoms with Crippen LogP contribution in [0.15, 0.2) is 34.2 Å². The molecule has 0 aliphatic rings. The molecule has 6 nitrogen and oxygen atoms in total. The third kappa shape index (κ3) is 2.60. The minimum Gasteiger partial charge on any atom is -0.395 e. The summed E-state index contributed by atoms with van der Waals surface area (Å²) >= 11 is 2.49. The number of nitrogens with zero attached hydrogens (tertiary/aromatic N) is 2. The Morgan fingerprint density at radius 1 is 1.41 bits per heavy atom. The molecule has 22 heavy (non-hydrogen) atoms. The molecule has 0 saturated carbocycles. The molecule has 0 aliphatic carbocycles. The summed E-state index contributed by atoms with van der Waals surface area (Å²) in [6, 6.07) is 7.66. The van der Waals surface area contributed by atoms with Crippen molar-refractivity contribution >= 4 is 49.3 Å². The van der Waals surface area contributed by atoms with Gasteiger partial charge in [-0.3, -0.25) is 14.2 Å². The van der Waals surface area contributed by atoms with Crippen molar-refractivity contribution in [3.8, 4) is 0 Å². The summed E-state index contributed by atoms with van der Waals surface area (Å²) in [5, 5.41) is 10.5. The molecule has 2 heterocycles. The van der Waals surface area contributed by atoms with Crippen LogP contribution in [-0.4, -0.2) is 32.9 Å². The fourth-order valence-corrected chi connectivity index (χ4v) is 4.04. The minimum absolute atomic E-state index is 0.0332. The topological polar surface area (TPSA) is 98.2 Å². The van der Waals surface area contributed by atoms with Crippen LogP contribution >= 0.6 is 23.1 Å². The third-order valence-corrected chi connectivity index (χ3v) is 5.26. The van der Waals surface area contributed by atoms with E-state index in [2.05, 4.69) is 4.98 Å². The van der Waals surface area contributed by atoms with Gasteiger partial charge in [0, 0.05) is 10.1 Å². The summed E-state index contributed by atoms with van der Waals surface area (Å²) in [5.41, 5.74) is 5.59. The number of aliphatic hydroxyl groups excluding tert-OH is 1. The predicted molar refractivity (Wildman–Crippen MR) is 88.4 cm³/mol. The molecule has 8 heteroatoms. The highest BCUT2D eigenvalue weighted by molar-refractivity contribution is 7.99. The number of carbonyl (C=O) groups is 1. The maximum Gasteiger partial charge on any atom is 0.272 e. The van der Waals surface area contributed by atoms with Crippen molar-refractivity contribution in [2.75, 3.05) is 12.4 Å². The summed E-state index contributed by atoms with van der Waals surface area (Å²) in [6.07, 6.45) is 0. The van der Waals surface area contributed by atoms with Crippen molar-refractivity contribution < 1.29 is 9.90 Å². The molecule has 3 aromatic rings. The first-order valence-electron chi connectivity index (χ1n) is 6.56. The molecule has 114 valence electrons. The lowest BCUT2D eigenvalue weighted by Gasteiger charge is -2.09. The lowest BCUT2D eigenvalue weighted by atomic mass is 10.2. The highest BCUT2D eigenvalue weighted by Crippen LogP contribution is 2.31. The number of primary amides is 1. The molecule has 2 aromatic heterocycles. The van der Waals surface area contributed by atoms with Crippen LogP contribution in [0.25, 0.3) is 20.3 Å². The van der Waals surface area contributed by atoms with E-state index in [4.69, 9.17) is 5.73 Å². The Kier molecular flexibility index (Phi) is 4.14. The normalized spacial score (nSPS) is 11.3. The van der Waals surface area contributed by atoms with Gasteiger partial charge in [0.25, 0.3) is 5.56 Å². The van der Waals surface area contributed by atoms with Crippen molar-refractivity contribution in [2.24, 2.45) is 5.73 Å². The molecule has 0 bridgehead atoms. The quantitative estimate of drug-likeness (QED) is 0.539. The van der Waals surface area contributed by atoms with Crippen molar-refractivity contribution in [1.82, 2.24) is 9.55 Å². The SMILES string of the molecule is NC(=O)CSc1nc2c(sc3ccccc32)c(=O)n1CCO. The van der Waals surface area contributed by atoms with Gasteiger partial charge in [0.05, 0.1) is 24.4 Å². The number of aromatic nitrogens is 2. The molecule has 0 unspecified atom stereocenters. The molecule has 0 fully saturated rings. The Labute approximate surface area is 133 Å². The first kappa shape index (κ1) is 15.0. The van der Waals surface area contributed by atoms with Crippen LogP contribution in [0.1, 0.15) is 0 Å². The van der Waals surface area contributed by atoms with Gasteiger partial charge < -0.3 is 10.8 Å². The van der Waals surface area contributed by atoms with Gasteiger partial charge in [-0.2, -0.15) is 0 Å². The number of thiophene rings is 1. The number of rotatable bonds is 5. The Morgan fingerprint density at radius 2 is 2.18 bits per heavy atom. The number of amides is 1. The molecule has 3 rings (SSSR count). The van der Waals surface area contributed by atoms with Crippen molar-refractivity contribution in [3.63, 3.8) is 0 Å². The van der Waals surface area contributed by atoms with Crippen molar-refractivity contribution in [1.29, 1.82) is 0 Å². The van der Waals surface area contributed by atoms with Gasteiger partial charge in [-0.15, -0.1) is 11.3 Å². The number of aliphatic hydroxyl groups is 1. The average Bonchev–Trinajstić information content (AvgIpc) is 2.87. The van der Waals surface area contributed by atoms with Gasteiger partial charge in [0.15, 0.2) is 5.16 Å². The zero-order valence-electron chi connectivity index (χ0n) is 11.5. The number of fused-ring (bicyclic) bond motifs is 3. The van der Waals surface area contributed by atoms with Gasteiger partial charge in [0.1, 0.15) is 4.70 Å². The zero-order chi connectivity index (χ0) is 15.7. The summed E-state index contributed by atoms with van der Waals surface area (Å²) in [7, 11) is 0. The molecule has 1 aromatic carbocycles. The van der Waals surface area contributed by atoms with Crippen molar-refractivity contribution in [2.45, 2.75) is 11.7 Å². The fourth-order valence-electron chi connectivity index (χ4n) is 2.20. The Balaban J connectivity index is 2.27. The van der Waals surface area contributed by atoms with Crippen molar-refractivity contribution in [3.05, 3.63) is 34.6 Å². The van der Waals surface area contributed by atoms with E-state index in [0.29, 0.717) is 15.4 Å².